The average molecular weight is 319 g/mol. The molecule has 2 unspecified atom stereocenters. The fourth-order valence-electron chi connectivity index (χ4n) is 2.72. The van der Waals surface area contributed by atoms with Crippen LogP contribution in [0.4, 0.5) is 4.39 Å². The van der Waals surface area contributed by atoms with Gasteiger partial charge in [-0.05, 0) is 48.1 Å². The molecule has 2 aromatic rings. The van der Waals surface area contributed by atoms with Gasteiger partial charge in [-0.3, -0.25) is 4.79 Å². The van der Waals surface area contributed by atoms with E-state index < -0.39 is 5.82 Å². The number of aryl methyl sites for hydroxylation is 1. The van der Waals surface area contributed by atoms with Crippen molar-refractivity contribution in [1.82, 2.24) is 5.32 Å². The molecule has 0 aliphatic heterocycles. The third kappa shape index (κ3) is 3.05. The van der Waals surface area contributed by atoms with Crippen molar-refractivity contribution in [1.29, 1.82) is 0 Å². The number of benzene rings is 1. The number of hydrogen-bond donors (Lipinski definition) is 2. The van der Waals surface area contributed by atoms with Crippen LogP contribution in [0.15, 0.2) is 29.6 Å². The van der Waals surface area contributed by atoms with Crippen LogP contribution >= 0.6 is 11.3 Å². The molecule has 1 fully saturated rings. The van der Waals surface area contributed by atoms with E-state index in [1.165, 1.54) is 16.5 Å². The highest BCUT2D eigenvalue weighted by Gasteiger charge is 2.45. The molecule has 1 amide bonds. The number of rotatable bonds is 5. The van der Waals surface area contributed by atoms with Crippen LogP contribution in [0.5, 0.6) is 0 Å². The van der Waals surface area contributed by atoms with Gasteiger partial charge in [-0.25, -0.2) is 4.39 Å². The van der Waals surface area contributed by atoms with Gasteiger partial charge in [-0.1, -0.05) is 6.07 Å². The van der Waals surface area contributed by atoms with Gasteiger partial charge in [0.15, 0.2) is 0 Å². The molecule has 5 heteroatoms. The lowest BCUT2D eigenvalue weighted by Gasteiger charge is -2.07. The first-order valence-electron chi connectivity index (χ1n) is 7.30. The van der Waals surface area contributed by atoms with Gasteiger partial charge >= 0.3 is 0 Å². The second kappa shape index (κ2) is 6.18. The van der Waals surface area contributed by atoms with Crippen LogP contribution in [0.3, 0.4) is 0 Å². The summed E-state index contributed by atoms with van der Waals surface area (Å²) in [7, 11) is 0. The molecule has 1 aromatic heterocycles. The predicted octanol–water partition coefficient (Wildman–Crippen LogP) is 3.11. The van der Waals surface area contributed by atoms with Crippen LogP contribution in [-0.2, 0) is 17.9 Å². The minimum absolute atomic E-state index is 0.0488. The molecular formula is C17H18FNO2S. The van der Waals surface area contributed by atoms with E-state index in [2.05, 4.69) is 23.7 Å². The van der Waals surface area contributed by atoms with Gasteiger partial charge in [0.2, 0.25) is 5.91 Å². The van der Waals surface area contributed by atoms with E-state index in [1.807, 2.05) is 0 Å². The Kier molecular flexibility index (Phi) is 4.27. The first-order valence-corrected chi connectivity index (χ1v) is 8.18. The summed E-state index contributed by atoms with van der Waals surface area (Å²) in [6.45, 7) is 2.10. The predicted molar refractivity (Wildman–Crippen MR) is 84.1 cm³/mol. The Morgan fingerprint density at radius 1 is 1.45 bits per heavy atom. The zero-order valence-electron chi connectivity index (χ0n) is 12.3. The molecule has 0 radical (unpaired) electrons. The second-order valence-corrected chi connectivity index (χ2v) is 6.67. The summed E-state index contributed by atoms with van der Waals surface area (Å²) in [4.78, 5) is 13.5. The lowest BCUT2D eigenvalue weighted by atomic mass is 10.1. The number of carbonyl (C=O) groups excluding carboxylic acids is 1. The highest BCUT2D eigenvalue weighted by atomic mass is 32.1. The van der Waals surface area contributed by atoms with E-state index >= 15 is 0 Å². The molecule has 1 saturated carbocycles. The Hall–Kier alpha value is -1.72. The molecule has 22 heavy (non-hydrogen) atoms. The monoisotopic (exact) mass is 319 g/mol. The number of amides is 1. The number of carbonyl (C=O) groups is 1. The minimum atomic E-state index is -0.423. The fraction of sp³-hybridized carbons (Fsp3) is 0.353. The van der Waals surface area contributed by atoms with Gasteiger partial charge in [0.25, 0.3) is 0 Å². The lowest BCUT2D eigenvalue weighted by molar-refractivity contribution is -0.122. The maximum atomic E-state index is 13.3. The molecule has 0 saturated heterocycles. The maximum absolute atomic E-state index is 13.3. The molecule has 0 bridgehead atoms. The van der Waals surface area contributed by atoms with Gasteiger partial charge in [-0.2, -0.15) is 0 Å². The summed E-state index contributed by atoms with van der Waals surface area (Å²) >= 11 is 1.71. The molecule has 116 valence electrons. The Labute approximate surface area is 132 Å². The quantitative estimate of drug-likeness (QED) is 0.889. The SMILES string of the molecule is Cc1ccsc1C1CC1C(=O)NCc1ccc(F)c(CO)c1. The summed E-state index contributed by atoms with van der Waals surface area (Å²) in [6, 6.07) is 6.62. The summed E-state index contributed by atoms with van der Waals surface area (Å²) in [5.41, 5.74) is 2.31. The van der Waals surface area contributed by atoms with E-state index in [-0.39, 0.29) is 24.0 Å². The molecule has 1 aliphatic carbocycles. The summed E-state index contributed by atoms with van der Waals surface area (Å²) < 4.78 is 13.3. The van der Waals surface area contributed by atoms with Crippen LogP contribution in [0.1, 0.15) is 33.9 Å². The molecule has 1 heterocycles. The molecule has 0 spiro atoms. The van der Waals surface area contributed by atoms with Crippen molar-refractivity contribution in [2.45, 2.75) is 32.4 Å². The number of thiophene rings is 1. The Balaban J connectivity index is 1.57. The van der Waals surface area contributed by atoms with Crippen LogP contribution in [0, 0.1) is 18.7 Å². The highest BCUT2D eigenvalue weighted by molar-refractivity contribution is 7.10. The van der Waals surface area contributed by atoms with E-state index in [0.717, 1.165) is 12.0 Å². The van der Waals surface area contributed by atoms with Crippen molar-refractivity contribution in [2.75, 3.05) is 0 Å². The zero-order chi connectivity index (χ0) is 15.7. The van der Waals surface area contributed by atoms with Crippen LogP contribution in [0.25, 0.3) is 0 Å². The van der Waals surface area contributed by atoms with Crippen molar-refractivity contribution in [2.24, 2.45) is 5.92 Å². The van der Waals surface area contributed by atoms with Crippen molar-refractivity contribution >= 4 is 17.2 Å². The Bertz CT molecular complexity index is 698. The number of halogens is 1. The highest BCUT2D eigenvalue weighted by Crippen LogP contribution is 2.50. The number of aliphatic hydroxyl groups is 1. The smallest absolute Gasteiger partial charge is 0.224 e. The standard InChI is InChI=1S/C17H18FNO2S/c1-10-4-5-22-16(10)13-7-14(13)17(21)19-8-11-2-3-15(18)12(6-11)9-20/h2-6,13-14,20H,7-9H2,1H3,(H,19,21). The van der Waals surface area contributed by atoms with Gasteiger partial charge in [0.05, 0.1) is 6.61 Å². The van der Waals surface area contributed by atoms with Crippen molar-refractivity contribution in [3.05, 3.63) is 57.0 Å². The Morgan fingerprint density at radius 3 is 2.95 bits per heavy atom. The van der Waals surface area contributed by atoms with Gasteiger partial charge < -0.3 is 10.4 Å². The Morgan fingerprint density at radius 2 is 2.27 bits per heavy atom. The summed E-state index contributed by atoms with van der Waals surface area (Å²) in [6.07, 6.45) is 0.901. The van der Waals surface area contributed by atoms with Gasteiger partial charge in [0, 0.05) is 28.8 Å². The molecule has 1 aliphatic rings. The van der Waals surface area contributed by atoms with Crippen LogP contribution in [-0.4, -0.2) is 11.0 Å². The van der Waals surface area contributed by atoms with Gasteiger partial charge in [0.1, 0.15) is 5.82 Å². The number of aliphatic hydroxyl groups excluding tert-OH is 1. The first kappa shape index (κ1) is 15.2. The van der Waals surface area contributed by atoms with Crippen molar-refractivity contribution in [3.8, 4) is 0 Å². The van der Waals surface area contributed by atoms with E-state index in [0.29, 0.717) is 12.5 Å². The van der Waals surface area contributed by atoms with Crippen LogP contribution < -0.4 is 5.32 Å². The largest absolute Gasteiger partial charge is 0.392 e. The van der Waals surface area contributed by atoms with Crippen molar-refractivity contribution in [3.63, 3.8) is 0 Å². The van der Waals surface area contributed by atoms with E-state index in [9.17, 15) is 9.18 Å². The summed E-state index contributed by atoms with van der Waals surface area (Å²) in [5, 5.41) is 14.0. The number of nitrogens with one attached hydrogen (secondary N) is 1. The molecule has 3 nitrogen and oxygen atoms in total. The molecular weight excluding hydrogens is 301 g/mol. The third-order valence-electron chi connectivity index (χ3n) is 4.11. The maximum Gasteiger partial charge on any atom is 0.224 e. The topological polar surface area (TPSA) is 49.3 Å². The molecule has 3 rings (SSSR count). The van der Waals surface area contributed by atoms with Crippen LogP contribution in [0.2, 0.25) is 0 Å². The van der Waals surface area contributed by atoms with Crippen molar-refractivity contribution < 1.29 is 14.3 Å². The first-order chi connectivity index (χ1) is 10.6. The van der Waals surface area contributed by atoms with E-state index in [4.69, 9.17) is 5.11 Å². The second-order valence-electron chi connectivity index (χ2n) is 5.72. The lowest BCUT2D eigenvalue weighted by Crippen LogP contribution is -2.25. The summed E-state index contributed by atoms with van der Waals surface area (Å²) in [5.74, 6) is 0.0250. The third-order valence-corrected chi connectivity index (χ3v) is 5.26. The fourth-order valence-corrected chi connectivity index (χ4v) is 3.83. The van der Waals surface area contributed by atoms with E-state index in [1.54, 1.807) is 23.5 Å². The normalized spacial score (nSPS) is 20.0. The zero-order valence-corrected chi connectivity index (χ0v) is 13.1. The molecule has 2 N–H and O–H groups in total. The van der Waals surface area contributed by atoms with Gasteiger partial charge in [-0.15, -0.1) is 11.3 Å². The molecule has 1 aromatic carbocycles. The minimum Gasteiger partial charge on any atom is -0.392 e. The average Bonchev–Trinajstić information content (AvgIpc) is 3.20. The number of hydrogen-bond acceptors (Lipinski definition) is 3. The molecule has 2 atom stereocenters.